The zero-order valence-corrected chi connectivity index (χ0v) is 10.4. The molecule has 1 aliphatic heterocycles. The van der Waals surface area contributed by atoms with E-state index in [9.17, 15) is 4.79 Å². The van der Waals surface area contributed by atoms with Crippen molar-refractivity contribution >= 4 is 5.91 Å². The average Bonchev–Trinajstić information content (AvgIpc) is 2.76. The molecule has 2 aliphatic carbocycles. The van der Waals surface area contributed by atoms with E-state index in [0.717, 1.165) is 18.8 Å². The van der Waals surface area contributed by atoms with E-state index in [1.165, 1.54) is 19.3 Å². The van der Waals surface area contributed by atoms with Gasteiger partial charge in [-0.05, 0) is 43.2 Å². The summed E-state index contributed by atoms with van der Waals surface area (Å²) >= 11 is 0. The van der Waals surface area contributed by atoms with Gasteiger partial charge in [0.15, 0.2) is 0 Å². The predicted molar refractivity (Wildman–Crippen MR) is 68.4 cm³/mol. The molecule has 0 radical (unpaired) electrons. The van der Waals surface area contributed by atoms with Crippen LogP contribution in [0.3, 0.4) is 0 Å². The first-order chi connectivity index (χ1) is 8.84. The van der Waals surface area contributed by atoms with Gasteiger partial charge in [0, 0.05) is 31.4 Å². The van der Waals surface area contributed by atoms with Gasteiger partial charge in [0.25, 0.3) is 5.91 Å². The molecule has 2 unspecified atom stereocenters. The van der Waals surface area contributed by atoms with E-state index in [4.69, 9.17) is 0 Å². The van der Waals surface area contributed by atoms with Gasteiger partial charge in [-0.15, -0.1) is 0 Å². The van der Waals surface area contributed by atoms with Crippen molar-refractivity contribution in [3.63, 3.8) is 0 Å². The molecule has 2 heterocycles. The van der Waals surface area contributed by atoms with Gasteiger partial charge in [-0.25, -0.2) is 0 Å². The number of hydrogen-bond acceptors (Lipinski definition) is 2. The minimum Gasteiger partial charge on any atom is -0.347 e. The van der Waals surface area contributed by atoms with Crippen LogP contribution in [-0.4, -0.2) is 29.6 Å². The van der Waals surface area contributed by atoms with Crippen molar-refractivity contribution in [3.8, 4) is 0 Å². The maximum Gasteiger partial charge on any atom is 0.268 e. The number of aromatic nitrogens is 1. The molecular formula is C14H19N3O. The average molecular weight is 245 g/mol. The molecule has 1 aromatic heterocycles. The molecule has 1 aromatic rings. The number of carbonyl (C=O) groups is 1. The Kier molecular flexibility index (Phi) is 2.27. The molecule has 96 valence electrons. The number of fused-ring (bicyclic) bond motifs is 1. The molecule has 18 heavy (non-hydrogen) atoms. The Morgan fingerprint density at radius 3 is 2.78 bits per heavy atom. The molecule has 4 rings (SSSR count). The number of piperidine rings is 1. The van der Waals surface area contributed by atoms with Crippen molar-refractivity contribution in [3.05, 3.63) is 24.0 Å². The van der Waals surface area contributed by atoms with Crippen LogP contribution in [0.1, 0.15) is 35.8 Å². The molecule has 3 aliphatic rings. The lowest BCUT2D eigenvalue weighted by Crippen LogP contribution is -2.34. The second-order valence-electron chi connectivity index (χ2n) is 5.87. The van der Waals surface area contributed by atoms with Crippen molar-refractivity contribution in [2.45, 2.75) is 31.3 Å². The Morgan fingerprint density at radius 2 is 2.11 bits per heavy atom. The number of hydrogen-bond donors (Lipinski definition) is 2. The smallest absolute Gasteiger partial charge is 0.268 e. The van der Waals surface area contributed by atoms with Crippen LogP contribution in [0.25, 0.3) is 0 Å². The third-order valence-corrected chi connectivity index (χ3v) is 4.87. The summed E-state index contributed by atoms with van der Waals surface area (Å²) in [4.78, 5) is 12.3. The first kappa shape index (κ1) is 10.6. The zero-order chi connectivity index (χ0) is 12.1. The van der Waals surface area contributed by atoms with Gasteiger partial charge in [-0.1, -0.05) is 0 Å². The highest BCUT2D eigenvalue weighted by Crippen LogP contribution is 2.41. The molecule has 2 N–H and O–H groups in total. The first-order valence-electron chi connectivity index (χ1n) is 7.03. The van der Waals surface area contributed by atoms with E-state index in [1.807, 2.05) is 18.3 Å². The summed E-state index contributed by atoms with van der Waals surface area (Å²) in [6.45, 7) is 2.14. The number of rotatable bonds is 3. The third kappa shape index (κ3) is 1.52. The Labute approximate surface area is 107 Å². The topological polar surface area (TPSA) is 46.1 Å². The fourth-order valence-electron chi connectivity index (χ4n) is 3.43. The lowest BCUT2D eigenvalue weighted by molar-refractivity contribution is 0.0931. The predicted octanol–water partition coefficient (Wildman–Crippen LogP) is 1.16. The van der Waals surface area contributed by atoms with Gasteiger partial charge in [-0.3, -0.25) is 4.79 Å². The summed E-state index contributed by atoms with van der Waals surface area (Å²) in [6, 6.07) is 4.91. The van der Waals surface area contributed by atoms with Gasteiger partial charge in [0.1, 0.15) is 5.69 Å². The standard InChI is InChI=1S/C14H19N3O/c18-14(16-13-10-7-15-8-11(10)13)12-5-2-6-17(12)9-3-1-4-9/h2,5-6,9-11,13,15H,1,3-4,7-8H2,(H,16,18). The quantitative estimate of drug-likeness (QED) is 0.839. The summed E-state index contributed by atoms with van der Waals surface area (Å²) in [5.41, 5.74) is 0.845. The van der Waals surface area contributed by atoms with Crippen molar-refractivity contribution in [2.75, 3.05) is 13.1 Å². The van der Waals surface area contributed by atoms with Crippen LogP contribution in [0.4, 0.5) is 0 Å². The fraction of sp³-hybridized carbons (Fsp3) is 0.643. The van der Waals surface area contributed by atoms with Crippen molar-refractivity contribution in [1.82, 2.24) is 15.2 Å². The Bertz CT molecular complexity index is 467. The van der Waals surface area contributed by atoms with Crippen molar-refractivity contribution < 1.29 is 4.79 Å². The number of nitrogens with one attached hydrogen (secondary N) is 2. The molecule has 0 spiro atoms. The van der Waals surface area contributed by atoms with Crippen LogP contribution in [-0.2, 0) is 0 Å². The van der Waals surface area contributed by atoms with E-state index in [1.54, 1.807) is 0 Å². The maximum absolute atomic E-state index is 12.3. The summed E-state index contributed by atoms with van der Waals surface area (Å²) in [6.07, 6.45) is 5.78. The Balaban J connectivity index is 1.46. The zero-order valence-electron chi connectivity index (χ0n) is 10.4. The molecule has 1 saturated heterocycles. The molecule has 0 bridgehead atoms. The summed E-state index contributed by atoms with van der Waals surface area (Å²) in [5.74, 6) is 1.48. The molecule has 2 atom stereocenters. The van der Waals surface area contributed by atoms with Crippen LogP contribution < -0.4 is 10.6 Å². The van der Waals surface area contributed by atoms with Crippen LogP contribution in [0, 0.1) is 11.8 Å². The van der Waals surface area contributed by atoms with Crippen molar-refractivity contribution in [2.24, 2.45) is 11.8 Å². The summed E-state index contributed by atoms with van der Waals surface area (Å²) < 4.78 is 2.16. The molecule has 3 fully saturated rings. The normalized spacial score (nSPS) is 33.9. The molecule has 0 aromatic carbocycles. The number of carbonyl (C=O) groups excluding carboxylic acids is 1. The summed E-state index contributed by atoms with van der Waals surface area (Å²) in [5, 5.41) is 6.55. The summed E-state index contributed by atoms with van der Waals surface area (Å²) in [7, 11) is 0. The molecular weight excluding hydrogens is 226 g/mol. The largest absolute Gasteiger partial charge is 0.347 e. The van der Waals surface area contributed by atoms with Gasteiger partial charge < -0.3 is 15.2 Å². The second-order valence-corrected chi connectivity index (χ2v) is 5.87. The maximum atomic E-state index is 12.3. The van der Waals surface area contributed by atoms with E-state index < -0.39 is 0 Å². The van der Waals surface area contributed by atoms with Crippen LogP contribution >= 0.6 is 0 Å². The van der Waals surface area contributed by atoms with Gasteiger partial charge >= 0.3 is 0 Å². The minimum absolute atomic E-state index is 0.117. The second kappa shape index (κ2) is 3.85. The Morgan fingerprint density at radius 1 is 1.33 bits per heavy atom. The first-order valence-corrected chi connectivity index (χ1v) is 7.03. The highest BCUT2D eigenvalue weighted by atomic mass is 16.2. The monoisotopic (exact) mass is 245 g/mol. The molecule has 1 amide bonds. The van der Waals surface area contributed by atoms with Gasteiger partial charge in [0.05, 0.1) is 0 Å². The Hall–Kier alpha value is -1.29. The van der Waals surface area contributed by atoms with Crippen LogP contribution in [0.5, 0.6) is 0 Å². The van der Waals surface area contributed by atoms with Gasteiger partial charge in [0.2, 0.25) is 0 Å². The number of nitrogens with zero attached hydrogens (tertiary/aromatic N) is 1. The highest BCUT2D eigenvalue weighted by molar-refractivity contribution is 5.93. The SMILES string of the molecule is O=C(NC1C2CNCC21)c1cccn1C1CCC1. The highest BCUT2D eigenvalue weighted by Gasteiger charge is 2.53. The van der Waals surface area contributed by atoms with E-state index >= 15 is 0 Å². The van der Waals surface area contributed by atoms with Crippen molar-refractivity contribution in [1.29, 1.82) is 0 Å². The van der Waals surface area contributed by atoms with E-state index in [0.29, 0.717) is 23.9 Å². The number of amides is 1. The third-order valence-electron chi connectivity index (χ3n) is 4.87. The van der Waals surface area contributed by atoms with E-state index in [2.05, 4.69) is 15.2 Å². The minimum atomic E-state index is 0.117. The van der Waals surface area contributed by atoms with E-state index in [-0.39, 0.29) is 5.91 Å². The van der Waals surface area contributed by atoms with Crippen LogP contribution in [0.15, 0.2) is 18.3 Å². The lowest BCUT2D eigenvalue weighted by Gasteiger charge is -2.28. The fourth-order valence-corrected chi connectivity index (χ4v) is 3.43. The molecule has 2 saturated carbocycles. The van der Waals surface area contributed by atoms with Gasteiger partial charge in [-0.2, -0.15) is 0 Å². The molecule has 4 heteroatoms. The lowest BCUT2D eigenvalue weighted by atomic mass is 9.93. The molecule has 4 nitrogen and oxygen atoms in total. The van der Waals surface area contributed by atoms with Crippen LogP contribution in [0.2, 0.25) is 0 Å².